The number of aryl methyl sites for hydroxylation is 4. The van der Waals surface area contributed by atoms with E-state index >= 15 is 0 Å². The van der Waals surface area contributed by atoms with E-state index in [0.29, 0.717) is 5.56 Å². The van der Waals surface area contributed by atoms with Gasteiger partial charge in [-0.25, -0.2) is 0 Å². The van der Waals surface area contributed by atoms with E-state index in [4.69, 9.17) is 0 Å². The summed E-state index contributed by atoms with van der Waals surface area (Å²) >= 11 is 3.52. The van der Waals surface area contributed by atoms with Crippen molar-refractivity contribution in [2.45, 2.75) is 27.7 Å². The molecular weight excluding hydrogens is 316 g/mol. The summed E-state index contributed by atoms with van der Waals surface area (Å²) in [5.41, 5.74) is 5.25. The lowest BCUT2D eigenvalue weighted by molar-refractivity contribution is 0.102. The average Bonchev–Trinajstić information content (AvgIpc) is 2.35. The molecule has 0 aliphatic carbocycles. The third-order valence-electron chi connectivity index (χ3n) is 3.16. The summed E-state index contributed by atoms with van der Waals surface area (Å²) in [6, 6.07) is 7.56. The Hall–Kier alpha value is -1.68. The molecule has 0 atom stereocenters. The average molecular weight is 333 g/mol. The molecule has 2 aromatic rings. The molecule has 1 aromatic heterocycles. The predicted octanol–water partition coefficient (Wildman–Crippen LogP) is 4.33. The van der Waals surface area contributed by atoms with Crippen LogP contribution in [0.2, 0.25) is 0 Å². The number of pyridine rings is 1. The summed E-state index contributed by atoms with van der Waals surface area (Å²) < 4.78 is 1.07. The number of aromatic nitrogens is 1. The second kappa shape index (κ2) is 5.75. The fourth-order valence-electron chi connectivity index (χ4n) is 2.14. The molecule has 0 spiro atoms. The first-order valence-electron chi connectivity index (χ1n) is 6.41. The SMILES string of the molecule is Cc1ccc(C(=O)Nc2cc(C)c(Br)c(C)c2)c(C)n1. The van der Waals surface area contributed by atoms with Gasteiger partial charge in [0.05, 0.1) is 11.3 Å². The van der Waals surface area contributed by atoms with Crippen LogP contribution in [0, 0.1) is 27.7 Å². The topological polar surface area (TPSA) is 42.0 Å². The molecule has 20 heavy (non-hydrogen) atoms. The van der Waals surface area contributed by atoms with Crippen LogP contribution in [0.5, 0.6) is 0 Å². The van der Waals surface area contributed by atoms with Crippen LogP contribution in [0.25, 0.3) is 0 Å². The molecule has 1 heterocycles. The van der Waals surface area contributed by atoms with Crippen LogP contribution < -0.4 is 5.32 Å². The number of anilines is 1. The van der Waals surface area contributed by atoms with Crippen molar-refractivity contribution in [2.75, 3.05) is 5.32 Å². The summed E-state index contributed by atoms with van der Waals surface area (Å²) in [5, 5.41) is 2.93. The summed E-state index contributed by atoms with van der Waals surface area (Å²) in [6.07, 6.45) is 0. The van der Waals surface area contributed by atoms with E-state index in [1.165, 1.54) is 0 Å². The normalized spacial score (nSPS) is 10.4. The first kappa shape index (κ1) is 14.7. The number of nitrogens with one attached hydrogen (secondary N) is 1. The highest BCUT2D eigenvalue weighted by atomic mass is 79.9. The molecule has 3 nitrogen and oxygen atoms in total. The number of amides is 1. The number of rotatable bonds is 2. The van der Waals surface area contributed by atoms with Gasteiger partial charge in [-0.2, -0.15) is 0 Å². The van der Waals surface area contributed by atoms with Gasteiger partial charge in [-0.05, 0) is 63.1 Å². The van der Waals surface area contributed by atoms with Gasteiger partial charge in [0, 0.05) is 15.9 Å². The maximum atomic E-state index is 12.3. The lowest BCUT2D eigenvalue weighted by Gasteiger charge is -2.11. The molecule has 1 aromatic carbocycles. The summed E-state index contributed by atoms with van der Waals surface area (Å²) in [5.74, 6) is -0.129. The summed E-state index contributed by atoms with van der Waals surface area (Å²) in [6.45, 7) is 7.77. The summed E-state index contributed by atoms with van der Waals surface area (Å²) in [4.78, 5) is 16.6. The van der Waals surface area contributed by atoms with Crippen LogP contribution in [0.4, 0.5) is 5.69 Å². The lowest BCUT2D eigenvalue weighted by atomic mass is 10.1. The van der Waals surface area contributed by atoms with E-state index in [9.17, 15) is 4.79 Å². The predicted molar refractivity (Wildman–Crippen MR) is 85.3 cm³/mol. The number of hydrogen-bond acceptors (Lipinski definition) is 2. The van der Waals surface area contributed by atoms with E-state index in [2.05, 4.69) is 26.2 Å². The second-order valence-corrected chi connectivity index (χ2v) is 5.76. The van der Waals surface area contributed by atoms with Crippen LogP contribution in [-0.4, -0.2) is 10.9 Å². The van der Waals surface area contributed by atoms with Crippen LogP contribution in [0.3, 0.4) is 0 Å². The third-order valence-corrected chi connectivity index (χ3v) is 4.41. The third kappa shape index (κ3) is 3.07. The molecule has 0 saturated carbocycles. The number of halogens is 1. The minimum Gasteiger partial charge on any atom is -0.322 e. The Labute approximate surface area is 127 Å². The Balaban J connectivity index is 2.28. The van der Waals surface area contributed by atoms with Gasteiger partial charge in [-0.15, -0.1) is 0 Å². The lowest BCUT2D eigenvalue weighted by Crippen LogP contribution is -2.14. The van der Waals surface area contributed by atoms with E-state index in [-0.39, 0.29) is 5.91 Å². The van der Waals surface area contributed by atoms with Crippen LogP contribution in [-0.2, 0) is 0 Å². The van der Waals surface area contributed by atoms with Crippen molar-refractivity contribution in [3.05, 3.63) is 56.8 Å². The Morgan fingerprint density at radius 2 is 1.70 bits per heavy atom. The number of benzene rings is 1. The molecule has 0 fully saturated rings. The fraction of sp³-hybridized carbons (Fsp3) is 0.250. The second-order valence-electron chi connectivity index (χ2n) is 4.96. The largest absolute Gasteiger partial charge is 0.322 e. The minimum atomic E-state index is -0.129. The Morgan fingerprint density at radius 3 is 2.25 bits per heavy atom. The van der Waals surface area contributed by atoms with E-state index in [1.807, 2.05) is 52.0 Å². The van der Waals surface area contributed by atoms with Gasteiger partial charge in [0.25, 0.3) is 5.91 Å². The van der Waals surface area contributed by atoms with Crippen LogP contribution in [0.1, 0.15) is 32.9 Å². The Morgan fingerprint density at radius 1 is 1.10 bits per heavy atom. The maximum Gasteiger partial charge on any atom is 0.257 e. The highest BCUT2D eigenvalue weighted by Gasteiger charge is 2.11. The zero-order valence-corrected chi connectivity index (χ0v) is 13.6. The van der Waals surface area contributed by atoms with E-state index in [1.54, 1.807) is 0 Å². The Kier molecular flexibility index (Phi) is 4.23. The van der Waals surface area contributed by atoms with Crippen LogP contribution >= 0.6 is 15.9 Å². The van der Waals surface area contributed by atoms with Crippen molar-refractivity contribution in [1.29, 1.82) is 0 Å². The first-order chi connectivity index (χ1) is 9.38. The number of carbonyl (C=O) groups excluding carboxylic acids is 1. The smallest absolute Gasteiger partial charge is 0.257 e. The molecule has 2 rings (SSSR count). The molecule has 104 valence electrons. The van der Waals surface area contributed by atoms with Crippen LogP contribution in [0.15, 0.2) is 28.7 Å². The standard InChI is InChI=1S/C16H17BrN2O/c1-9-7-13(8-10(2)15(9)17)19-16(20)14-6-5-11(3)18-12(14)4/h5-8H,1-4H3,(H,19,20). The molecule has 0 aliphatic heterocycles. The van der Waals surface area contributed by atoms with Crippen molar-refractivity contribution in [1.82, 2.24) is 4.98 Å². The summed E-state index contributed by atoms with van der Waals surface area (Å²) in [7, 11) is 0. The molecule has 0 unspecified atom stereocenters. The van der Waals surface area contributed by atoms with Crippen molar-refractivity contribution < 1.29 is 4.79 Å². The molecule has 0 bridgehead atoms. The highest BCUT2D eigenvalue weighted by Crippen LogP contribution is 2.25. The number of carbonyl (C=O) groups is 1. The molecule has 0 radical (unpaired) electrons. The van der Waals surface area contributed by atoms with Gasteiger partial charge in [0.1, 0.15) is 0 Å². The minimum absolute atomic E-state index is 0.129. The quantitative estimate of drug-likeness (QED) is 0.889. The molecule has 1 N–H and O–H groups in total. The van der Waals surface area contributed by atoms with Crippen molar-refractivity contribution in [3.63, 3.8) is 0 Å². The Bertz CT molecular complexity index is 657. The van der Waals surface area contributed by atoms with Gasteiger partial charge in [0.15, 0.2) is 0 Å². The number of hydrogen-bond donors (Lipinski definition) is 1. The molecule has 4 heteroatoms. The van der Waals surface area contributed by atoms with Gasteiger partial charge in [-0.3, -0.25) is 9.78 Å². The van der Waals surface area contributed by atoms with Gasteiger partial charge >= 0.3 is 0 Å². The van der Waals surface area contributed by atoms with Crippen molar-refractivity contribution in [3.8, 4) is 0 Å². The molecule has 1 amide bonds. The van der Waals surface area contributed by atoms with Gasteiger partial charge in [0.2, 0.25) is 0 Å². The monoisotopic (exact) mass is 332 g/mol. The van der Waals surface area contributed by atoms with E-state index < -0.39 is 0 Å². The highest BCUT2D eigenvalue weighted by molar-refractivity contribution is 9.10. The van der Waals surface area contributed by atoms with Gasteiger partial charge < -0.3 is 5.32 Å². The van der Waals surface area contributed by atoms with E-state index in [0.717, 1.165) is 32.7 Å². The first-order valence-corrected chi connectivity index (χ1v) is 7.20. The van der Waals surface area contributed by atoms with Gasteiger partial charge in [-0.1, -0.05) is 15.9 Å². The maximum absolute atomic E-state index is 12.3. The van der Waals surface area contributed by atoms with Crippen molar-refractivity contribution >= 4 is 27.5 Å². The van der Waals surface area contributed by atoms with Crippen molar-refractivity contribution in [2.24, 2.45) is 0 Å². The zero-order chi connectivity index (χ0) is 14.9. The molecule has 0 aliphatic rings. The number of nitrogens with zero attached hydrogens (tertiary/aromatic N) is 1. The zero-order valence-electron chi connectivity index (χ0n) is 12.0. The molecule has 0 saturated heterocycles. The fourth-order valence-corrected chi connectivity index (χ4v) is 2.37. The molecular formula is C16H17BrN2O.